The smallest absolute Gasteiger partial charge is 0.306 e. The second-order valence-electron chi connectivity index (χ2n) is 3.46. The molecule has 5 nitrogen and oxygen atoms in total. The number of aromatic nitrogens is 1. The Morgan fingerprint density at radius 3 is 2.88 bits per heavy atom. The Labute approximate surface area is 104 Å². The number of hydrogen-bond acceptors (Lipinski definition) is 5. The normalized spacial score (nSPS) is 11.9. The van der Waals surface area contributed by atoms with Gasteiger partial charge in [0.05, 0.1) is 19.1 Å². The number of carbonyl (C=O) groups excluding carboxylic acids is 2. The Morgan fingerprint density at radius 1 is 1.53 bits per heavy atom. The molecule has 17 heavy (non-hydrogen) atoms. The maximum atomic E-state index is 11.5. The van der Waals surface area contributed by atoms with E-state index in [4.69, 9.17) is 4.74 Å². The minimum atomic E-state index is -0.343. The van der Waals surface area contributed by atoms with Gasteiger partial charge in [0.2, 0.25) is 5.91 Å². The first-order chi connectivity index (χ1) is 8.13. The zero-order chi connectivity index (χ0) is 12.7. The molecular weight excluding hydrogens is 240 g/mol. The lowest BCUT2D eigenvalue weighted by Crippen LogP contribution is -2.27. The Kier molecular flexibility index (Phi) is 5.62. The molecule has 1 rings (SSSR count). The van der Waals surface area contributed by atoms with Crippen LogP contribution in [0.1, 0.15) is 37.7 Å². The Bertz CT molecular complexity index is 365. The van der Waals surface area contributed by atoms with E-state index in [1.165, 1.54) is 11.3 Å². The highest BCUT2D eigenvalue weighted by Gasteiger charge is 2.13. The van der Waals surface area contributed by atoms with Gasteiger partial charge in [-0.25, -0.2) is 4.98 Å². The van der Waals surface area contributed by atoms with Crippen LogP contribution in [0.4, 0.5) is 0 Å². The first-order valence-electron chi connectivity index (χ1n) is 5.47. The summed E-state index contributed by atoms with van der Waals surface area (Å²) in [5, 5.41) is 5.49. The van der Waals surface area contributed by atoms with Crippen molar-refractivity contribution in [2.75, 3.05) is 6.61 Å². The maximum absolute atomic E-state index is 11.5. The SMILES string of the molecule is CCOC(=O)CCC(=O)NC(C)c1nccs1. The van der Waals surface area contributed by atoms with Crippen molar-refractivity contribution in [2.45, 2.75) is 32.7 Å². The summed E-state index contributed by atoms with van der Waals surface area (Å²) in [7, 11) is 0. The van der Waals surface area contributed by atoms with Crippen molar-refractivity contribution >= 4 is 23.2 Å². The topological polar surface area (TPSA) is 68.3 Å². The van der Waals surface area contributed by atoms with Gasteiger partial charge in [-0.2, -0.15) is 0 Å². The van der Waals surface area contributed by atoms with Gasteiger partial charge in [0.1, 0.15) is 5.01 Å². The molecule has 1 atom stereocenters. The van der Waals surface area contributed by atoms with Gasteiger partial charge in [-0.05, 0) is 13.8 Å². The van der Waals surface area contributed by atoms with Crippen molar-refractivity contribution in [1.29, 1.82) is 0 Å². The summed E-state index contributed by atoms with van der Waals surface area (Å²) in [5.41, 5.74) is 0. The molecule has 0 bridgehead atoms. The molecule has 0 aliphatic carbocycles. The fraction of sp³-hybridized carbons (Fsp3) is 0.545. The third kappa shape index (κ3) is 4.95. The molecule has 0 spiro atoms. The number of hydrogen-bond donors (Lipinski definition) is 1. The maximum Gasteiger partial charge on any atom is 0.306 e. The van der Waals surface area contributed by atoms with Crippen molar-refractivity contribution in [3.05, 3.63) is 16.6 Å². The van der Waals surface area contributed by atoms with Gasteiger partial charge in [-0.15, -0.1) is 11.3 Å². The third-order valence-corrected chi connectivity index (χ3v) is 3.02. The van der Waals surface area contributed by atoms with Crippen LogP contribution in [0.2, 0.25) is 0 Å². The van der Waals surface area contributed by atoms with Crippen LogP contribution in [0.5, 0.6) is 0 Å². The number of thiazole rings is 1. The molecule has 1 aromatic heterocycles. The molecule has 0 aromatic carbocycles. The number of nitrogens with one attached hydrogen (secondary N) is 1. The quantitative estimate of drug-likeness (QED) is 0.786. The molecule has 6 heteroatoms. The Balaban J connectivity index is 2.28. The van der Waals surface area contributed by atoms with Crippen molar-refractivity contribution in [1.82, 2.24) is 10.3 Å². The van der Waals surface area contributed by atoms with Gasteiger partial charge in [0.25, 0.3) is 0 Å². The predicted octanol–water partition coefficient (Wildman–Crippen LogP) is 1.66. The van der Waals surface area contributed by atoms with Crippen LogP contribution < -0.4 is 5.32 Å². The van der Waals surface area contributed by atoms with Crippen LogP contribution in [0.3, 0.4) is 0 Å². The molecule has 0 radical (unpaired) electrons. The van der Waals surface area contributed by atoms with Crippen LogP contribution in [-0.4, -0.2) is 23.5 Å². The first-order valence-corrected chi connectivity index (χ1v) is 6.35. The average molecular weight is 256 g/mol. The van der Waals surface area contributed by atoms with E-state index in [0.717, 1.165) is 5.01 Å². The fourth-order valence-corrected chi connectivity index (χ4v) is 1.92. The van der Waals surface area contributed by atoms with Gasteiger partial charge < -0.3 is 10.1 Å². The van der Waals surface area contributed by atoms with Gasteiger partial charge in [-0.1, -0.05) is 0 Å². The molecular formula is C11H16N2O3S. The van der Waals surface area contributed by atoms with Gasteiger partial charge in [0.15, 0.2) is 0 Å². The van der Waals surface area contributed by atoms with Crippen LogP contribution >= 0.6 is 11.3 Å². The molecule has 0 aliphatic rings. The highest BCUT2D eigenvalue weighted by Crippen LogP contribution is 2.14. The van der Waals surface area contributed by atoms with Crippen molar-refractivity contribution in [3.63, 3.8) is 0 Å². The second-order valence-corrected chi connectivity index (χ2v) is 4.39. The van der Waals surface area contributed by atoms with Crippen LogP contribution in [0.15, 0.2) is 11.6 Å². The number of rotatable bonds is 6. The average Bonchev–Trinajstić information content (AvgIpc) is 2.80. The monoisotopic (exact) mass is 256 g/mol. The van der Waals surface area contributed by atoms with Crippen molar-refractivity contribution in [3.8, 4) is 0 Å². The summed E-state index contributed by atoms with van der Waals surface area (Å²) in [4.78, 5) is 26.7. The summed E-state index contributed by atoms with van der Waals surface area (Å²) in [5.74, 6) is -0.509. The molecule has 0 fully saturated rings. The lowest BCUT2D eigenvalue weighted by molar-refractivity contribution is -0.144. The van der Waals surface area contributed by atoms with Crippen LogP contribution in [-0.2, 0) is 14.3 Å². The molecule has 1 aromatic rings. The Hall–Kier alpha value is -1.43. The molecule has 0 saturated carbocycles. The third-order valence-electron chi connectivity index (χ3n) is 2.06. The first kappa shape index (κ1) is 13.6. The van der Waals surface area contributed by atoms with Gasteiger partial charge in [0, 0.05) is 18.0 Å². The lowest BCUT2D eigenvalue weighted by Gasteiger charge is -2.10. The Morgan fingerprint density at radius 2 is 2.29 bits per heavy atom. The van der Waals surface area contributed by atoms with Crippen molar-refractivity contribution in [2.24, 2.45) is 0 Å². The zero-order valence-corrected chi connectivity index (χ0v) is 10.8. The lowest BCUT2D eigenvalue weighted by atomic mass is 10.2. The number of ether oxygens (including phenoxy) is 1. The summed E-state index contributed by atoms with van der Waals surface area (Å²) < 4.78 is 4.74. The highest BCUT2D eigenvalue weighted by atomic mass is 32.1. The zero-order valence-electron chi connectivity index (χ0n) is 9.93. The second kappa shape index (κ2) is 7.01. The number of esters is 1. The summed E-state index contributed by atoms with van der Waals surface area (Å²) in [6, 6.07) is -0.121. The van der Waals surface area contributed by atoms with E-state index in [1.54, 1.807) is 13.1 Å². The minimum absolute atomic E-state index is 0.115. The summed E-state index contributed by atoms with van der Waals surface area (Å²) in [6.07, 6.45) is 1.96. The van der Waals surface area contributed by atoms with Gasteiger partial charge in [-0.3, -0.25) is 9.59 Å². The van der Waals surface area contributed by atoms with E-state index in [0.29, 0.717) is 6.61 Å². The van der Waals surface area contributed by atoms with Crippen LogP contribution in [0.25, 0.3) is 0 Å². The fourth-order valence-electron chi connectivity index (χ4n) is 1.27. The predicted molar refractivity (Wildman–Crippen MR) is 64.5 cm³/mol. The highest BCUT2D eigenvalue weighted by molar-refractivity contribution is 7.09. The molecule has 1 heterocycles. The molecule has 94 valence electrons. The van der Waals surface area contributed by atoms with E-state index < -0.39 is 0 Å². The van der Waals surface area contributed by atoms with Gasteiger partial charge >= 0.3 is 5.97 Å². The molecule has 0 aliphatic heterocycles. The molecule has 1 amide bonds. The number of carbonyl (C=O) groups is 2. The van der Waals surface area contributed by atoms with E-state index in [9.17, 15) is 9.59 Å². The van der Waals surface area contributed by atoms with E-state index in [2.05, 4.69) is 10.3 Å². The number of amides is 1. The molecule has 1 N–H and O–H groups in total. The standard InChI is InChI=1S/C11H16N2O3S/c1-3-16-10(15)5-4-9(14)13-8(2)11-12-6-7-17-11/h6-8H,3-5H2,1-2H3,(H,13,14). The van der Waals surface area contributed by atoms with E-state index in [1.807, 2.05) is 12.3 Å². The largest absolute Gasteiger partial charge is 0.466 e. The van der Waals surface area contributed by atoms with Crippen LogP contribution in [0, 0.1) is 0 Å². The van der Waals surface area contributed by atoms with E-state index >= 15 is 0 Å². The molecule has 1 unspecified atom stereocenters. The number of nitrogens with zero attached hydrogens (tertiary/aromatic N) is 1. The van der Waals surface area contributed by atoms with Crippen molar-refractivity contribution < 1.29 is 14.3 Å². The summed E-state index contributed by atoms with van der Waals surface area (Å²) >= 11 is 1.49. The minimum Gasteiger partial charge on any atom is -0.466 e. The van der Waals surface area contributed by atoms with E-state index in [-0.39, 0.29) is 30.8 Å². The summed E-state index contributed by atoms with van der Waals surface area (Å²) in [6.45, 7) is 3.94. The molecule has 0 saturated heterocycles.